The molecule has 0 radical (unpaired) electrons. The van der Waals surface area contributed by atoms with Crippen LogP contribution < -0.4 is 4.90 Å². The number of rotatable bonds is 8. The lowest BCUT2D eigenvalue weighted by Gasteiger charge is -2.26. The maximum Gasteiger partial charge on any atom is 0.342 e. The van der Waals surface area contributed by atoms with E-state index in [2.05, 4.69) is 27.2 Å². The van der Waals surface area contributed by atoms with Gasteiger partial charge < -0.3 is 9.64 Å². The number of esters is 1. The van der Waals surface area contributed by atoms with Crippen molar-refractivity contribution in [3.63, 3.8) is 0 Å². The van der Waals surface area contributed by atoms with Crippen molar-refractivity contribution in [3.05, 3.63) is 102 Å². The third kappa shape index (κ3) is 4.93. The van der Waals surface area contributed by atoms with Gasteiger partial charge in [0, 0.05) is 24.2 Å². The first-order valence-corrected chi connectivity index (χ1v) is 11.2. The standard InChI is InChI=1S/C28H27N3O2/c1-3-31(20-21-14-8-5-9-15-21)27-25(28(32)33-4-2)24(22-16-10-6-11-17-22)26(29-30-27)23-18-12-7-13-19-23/h5-19H,3-4,20H2,1-2H3. The van der Waals surface area contributed by atoms with Gasteiger partial charge in [0.2, 0.25) is 0 Å². The third-order valence-corrected chi connectivity index (χ3v) is 5.44. The Morgan fingerprint density at radius 2 is 1.36 bits per heavy atom. The third-order valence-electron chi connectivity index (χ3n) is 5.44. The normalized spacial score (nSPS) is 10.6. The second-order valence-corrected chi connectivity index (χ2v) is 7.57. The molecule has 166 valence electrons. The van der Waals surface area contributed by atoms with E-state index in [0.717, 1.165) is 22.3 Å². The Kier molecular flexibility index (Phi) is 7.10. The molecule has 0 fully saturated rings. The van der Waals surface area contributed by atoms with Gasteiger partial charge >= 0.3 is 5.97 Å². The average Bonchev–Trinajstić information content (AvgIpc) is 2.88. The highest BCUT2D eigenvalue weighted by Crippen LogP contribution is 2.37. The molecule has 0 amide bonds. The SMILES string of the molecule is CCOC(=O)c1c(N(CC)Cc2ccccc2)nnc(-c2ccccc2)c1-c1ccccc1. The number of hydrogen-bond acceptors (Lipinski definition) is 5. The predicted molar refractivity (Wildman–Crippen MR) is 132 cm³/mol. The van der Waals surface area contributed by atoms with Crippen LogP contribution in [-0.4, -0.2) is 29.3 Å². The Balaban J connectivity index is 1.96. The zero-order valence-electron chi connectivity index (χ0n) is 18.9. The maximum absolute atomic E-state index is 13.4. The first-order chi connectivity index (χ1) is 16.2. The van der Waals surface area contributed by atoms with Gasteiger partial charge in [-0.2, -0.15) is 0 Å². The summed E-state index contributed by atoms with van der Waals surface area (Å²) in [5, 5.41) is 9.23. The van der Waals surface area contributed by atoms with Crippen LogP contribution in [0.25, 0.3) is 22.4 Å². The van der Waals surface area contributed by atoms with Crippen LogP contribution in [0.15, 0.2) is 91.0 Å². The van der Waals surface area contributed by atoms with E-state index in [0.29, 0.717) is 30.2 Å². The summed E-state index contributed by atoms with van der Waals surface area (Å²) in [6.45, 7) is 5.41. The molecule has 1 aromatic heterocycles. The lowest BCUT2D eigenvalue weighted by Crippen LogP contribution is -2.27. The first-order valence-electron chi connectivity index (χ1n) is 11.2. The number of carbonyl (C=O) groups excluding carboxylic acids is 1. The number of nitrogens with zero attached hydrogens (tertiary/aromatic N) is 3. The molecule has 0 atom stereocenters. The van der Waals surface area contributed by atoms with E-state index in [1.807, 2.05) is 92.7 Å². The molecule has 0 aliphatic carbocycles. The van der Waals surface area contributed by atoms with Crippen molar-refractivity contribution in [2.45, 2.75) is 20.4 Å². The Hall–Kier alpha value is -3.99. The molecule has 0 saturated carbocycles. The van der Waals surface area contributed by atoms with Crippen molar-refractivity contribution >= 4 is 11.8 Å². The van der Waals surface area contributed by atoms with Crippen LogP contribution in [0.1, 0.15) is 29.8 Å². The van der Waals surface area contributed by atoms with E-state index < -0.39 is 5.97 Å². The van der Waals surface area contributed by atoms with Crippen molar-refractivity contribution in [2.24, 2.45) is 0 Å². The Morgan fingerprint density at radius 3 is 1.94 bits per heavy atom. The van der Waals surface area contributed by atoms with E-state index in [1.54, 1.807) is 0 Å². The minimum atomic E-state index is -0.398. The van der Waals surface area contributed by atoms with Crippen LogP contribution in [-0.2, 0) is 11.3 Å². The highest BCUT2D eigenvalue weighted by atomic mass is 16.5. The van der Waals surface area contributed by atoms with Gasteiger partial charge in [-0.05, 0) is 25.0 Å². The molecular formula is C28H27N3O2. The molecule has 3 aromatic carbocycles. The molecule has 0 bridgehead atoms. The molecule has 4 aromatic rings. The first kappa shape index (κ1) is 22.2. The van der Waals surface area contributed by atoms with Crippen molar-refractivity contribution in [1.29, 1.82) is 0 Å². The second-order valence-electron chi connectivity index (χ2n) is 7.57. The zero-order chi connectivity index (χ0) is 23.0. The molecule has 0 aliphatic rings. The number of ether oxygens (including phenoxy) is 1. The molecular weight excluding hydrogens is 410 g/mol. The van der Waals surface area contributed by atoms with E-state index >= 15 is 0 Å². The van der Waals surface area contributed by atoms with Crippen molar-refractivity contribution in [2.75, 3.05) is 18.1 Å². The van der Waals surface area contributed by atoms with E-state index in [4.69, 9.17) is 4.74 Å². The number of carbonyl (C=O) groups is 1. The Morgan fingerprint density at radius 1 is 0.788 bits per heavy atom. The summed E-state index contributed by atoms with van der Waals surface area (Å²) >= 11 is 0. The monoisotopic (exact) mass is 437 g/mol. The number of hydrogen-bond donors (Lipinski definition) is 0. The van der Waals surface area contributed by atoms with Gasteiger partial charge in [0.25, 0.3) is 0 Å². The van der Waals surface area contributed by atoms with Crippen LogP contribution in [0.2, 0.25) is 0 Å². The Labute approximate surface area is 194 Å². The molecule has 0 unspecified atom stereocenters. The fourth-order valence-electron chi connectivity index (χ4n) is 3.87. The largest absolute Gasteiger partial charge is 0.462 e. The van der Waals surface area contributed by atoms with Crippen molar-refractivity contribution < 1.29 is 9.53 Å². The van der Waals surface area contributed by atoms with Crippen LogP contribution in [0.3, 0.4) is 0 Å². The van der Waals surface area contributed by atoms with Gasteiger partial charge in [0.1, 0.15) is 11.3 Å². The summed E-state index contributed by atoms with van der Waals surface area (Å²) in [7, 11) is 0. The zero-order valence-corrected chi connectivity index (χ0v) is 18.9. The molecule has 33 heavy (non-hydrogen) atoms. The number of aromatic nitrogens is 2. The molecule has 0 aliphatic heterocycles. The summed E-state index contributed by atoms with van der Waals surface area (Å²) in [6, 6.07) is 29.8. The maximum atomic E-state index is 13.4. The highest BCUT2D eigenvalue weighted by molar-refractivity contribution is 6.05. The van der Waals surface area contributed by atoms with Crippen molar-refractivity contribution in [3.8, 4) is 22.4 Å². The quantitative estimate of drug-likeness (QED) is 0.316. The lowest BCUT2D eigenvalue weighted by molar-refractivity contribution is 0.0527. The highest BCUT2D eigenvalue weighted by Gasteiger charge is 2.28. The van der Waals surface area contributed by atoms with Gasteiger partial charge in [-0.25, -0.2) is 4.79 Å². The van der Waals surface area contributed by atoms with Crippen molar-refractivity contribution in [1.82, 2.24) is 10.2 Å². The second kappa shape index (κ2) is 10.6. The van der Waals surface area contributed by atoms with Gasteiger partial charge in [-0.3, -0.25) is 0 Å². The van der Waals surface area contributed by atoms with Gasteiger partial charge in [0.05, 0.1) is 6.61 Å². The van der Waals surface area contributed by atoms with Gasteiger partial charge in [-0.1, -0.05) is 91.0 Å². The van der Waals surface area contributed by atoms with E-state index in [-0.39, 0.29) is 6.61 Å². The lowest BCUT2D eigenvalue weighted by atomic mass is 9.94. The molecule has 5 heteroatoms. The molecule has 4 rings (SSSR count). The molecule has 0 spiro atoms. The Bertz CT molecular complexity index is 1200. The van der Waals surface area contributed by atoms with Gasteiger partial charge in [-0.15, -0.1) is 10.2 Å². The fourth-order valence-corrected chi connectivity index (χ4v) is 3.87. The molecule has 5 nitrogen and oxygen atoms in total. The predicted octanol–water partition coefficient (Wildman–Crippen LogP) is 6.01. The molecule has 1 heterocycles. The molecule has 0 saturated heterocycles. The minimum Gasteiger partial charge on any atom is -0.462 e. The van der Waals surface area contributed by atoms with E-state index in [1.165, 1.54) is 0 Å². The summed E-state index contributed by atoms with van der Waals surface area (Å²) in [5.41, 5.74) is 4.75. The van der Waals surface area contributed by atoms with Gasteiger partial charge in [0.15, 0.2) is 5.82 Å². The molecule has 0 N–H and O–H groups in total. The summed E-state index contributed by atoms with van der Waals surface area (Å²) in [5.74, 6) is 0.128. The van der Waals surface area contributed by atoms with Crippen LogP contribution >= 0.6 is 0 Å². The summed E-state index contributed by atoms with van der Waals surface area (Å²) in [6.07, 6.45) is 0. The van der Waals surface area contributed by atoms with Crippen LogP contribution in [0.5, 0.6) is 0 Å². The average molecular weight is 438 g/mol. The summed E-state index contributed by atoms with van der Waals surface area (Å²) in [4.78, 5) is 15.5. The fraction of sp³-hybridized carbons (Fsp3) is 0.179. The smallest absolute Gasteiger partial charge is 0.342 e. The number of benzene rings is 3. The number of anilines is 1. The minimum absolute atomic E-state index is 0.278. The van der Waals surface area contributed by atoms with E-state index in [9.17, 15) is 4.79 Å². The summed E-state index contributed by atoms with van der Waals surface area (Å²) < 4.78 is 5.53. The van der Waals surface area contributed by atoms with Crippen LogP contribution in [0, 0.1) is 0 Å². The van der Waals surface area contributed by atoms with Crippen LogP contribution in [0.4, 0.5) is 5.82 Å². The topological polar surface area (TPSA) is 55.3 Å².